The van der Waals surface area contributed by atoms with Gasteiger partial charge in [-0.25, -0.2) is 0 Å². The summed E-state index contributed by atoms with van der Waals surface area (Å²) < 4.78 is 0. The normalized spacial score (nSPS) is 22.5. The van der Waals surface area contributed by atoms with Gasteiger partial charge >= 0.3 is 0 Å². The summed E-state index contributed by atoms with van der Waals surface area (Å²) in [5.74, 6) is 1.75. The van der Waals surface area contributed by atoms with Crippen LogP contribution < -0.4 is 5.32 Å². The van der Waals surface area contributed by atoms with Crippen LogP contribution >= 0.6 is 0 Å². The number of unbranched alkanes of at least 4 members (excludes halogenated alkanes) is 2. The standard InChI is InChI=1S/C17H35N/c1-6-8-9-10-14(3)15(4)13-16(7-2)18-17(5)11-12-17/h14-16,18H,6-13H2,1-5H3. The molecule has 3 unspecified atom stereocenters. The topological polar surface area (TPSA) is 12.0 Å². The van der Waals surface area contributed by atoms with E-state index in [4.69, 9.17) is 0 Å². The fourth-order valence-corrected chi connectivity index (χ4v) is 2.83. The Morgan fingerprint density at radius 2 is 1.72 bits per heavy atom. The van der Waals surface area contributed by atoms with Gasteiger partial charge < -0.3 is 5.32 Å². The van der Waals surface area contributed by atoms with Crippen LogP contribution in [0.15, 0.2) is 0 Å². The third kappa shape index (κ3) is 5.73. The number of nitrogens with one attached hydrogen (secondary N) is 1. The molecule has 108 valence electrons. The van der Waals surface area contributed by atoms with E-state index in [1.165, 1.54) is 51.4 Å². The van der Waals surface area contributed by atoms with Crippen molar-refractivity contribution in [1.82, 2.24) is 5.32 Å². The molecule has 0 spiro atoms. The third-order valence-electron chi connectivity index (χ3n) is 4.94. The van der Waals surface area contributed by atoms with E-state index in [2.05, 4.69) is 39.9 Å². The Labute approximate surface area is 115 Å². The van der Waals surface area contributed by atoms with E-state index in [0.29, 0.717) is 5.54 Å². The first-order valence-electron chi connectivity index (χ1n) is 8.28. The van der Waals surface area contributed by atoms with E-state index >= 15 is 0 Å². The summed E-state index contributed by atoms with van der Waals surface area (Å²) in [7, 11) is 0. The lowest BCUT2D eigenvalue weighted by atomic mass is 9.85. The molecule has 1 N–H and O–H groups in total. The average molecular weight is 253 g/mol. The molecule has 1 nitrogen and oxygen atoms in total. The van der Waals surface area contributed by atoms with Gasteiger partial charge in [0.15, 0.2) is 0 Å². The van der Waals surface area contributed by atoms with Crippen LogP contribution in [0.2, 0.25) is 0 Å². The Balaban J connectivity index is 2.24. The van der Waals surface area contributed by atoms with Crippen LogP contribution in [0.25, 0.3) is 0 Å². The largest absolute Gasteiger partial charge is 0.309 e. The second-order valence-electron chi connectivity index (χ2n) is 7.00. The van der Waals surface area contributed by atoms with Gasteiger partial charge in [-0.15, -0.1) is 0 Å². The summed E-state index contributed by atoms with van der Waals surface area (Å²) in [6, 6.07) is 0.737. The lowest BCUT2D eigenvalue weighted by molar-refractivity contribution is 0.277. The van der Waals surface area contributed by atoms with Gasteiger partial charge in [-0.05, 0) is 44.4 Å². The van der Waals surface area contributed by atoms with E-state index < -0.39 is 0 Å². The van der Waals surface area contributed by atoms with Crippen LogP contribution in [0, 0.1) is 11.8 Å². The molecule has 1 heteroatoms. The maximum atomic E-state index is 3.87. The minimum Gasteiger partial charge on any atom is -0.309 e. The quantitative estimate of drug-likeness (QED) is 0.531. The summed E-state index contributed by atoms with van der Waals surface area (Å²) in [5, 5.41) is 3.87. The van der Waals surface area contributed by atoms with Gasteiger partial charge in [-0.3, -0.25) is 0 Å². The van der Waals surface area contributed by atoms with Gasteiger partial charge in [-0.2, -0.15) is 0 Å². The molecule has 1 aliphatic rings. The van der Waals surface area contributed by atoms with Crippen LogP contribution in [-0.4, -0.2) is 11.6 Å². The molecule has 1 saturated carbocycles. The molecule has 0 radical (unpaired) electrons. The molecule has 18 heavy (non-hydrogen) atoms. The van der Waals surface area contributed by atoms with Crippen molar-refractivity contribution in [3.05, 3.63) is 0 Å². The molecule has 1 fully saturated rings. The Hall–Kier alpha value is -0.0400. The highest BCUT2D eigenvalue weighted by molar-refractivity contribution is 4.99. The summed E-state index contributed by atoms with van der Waals surface area (Å²) in [6.07, 6.45) is 11.0. The number of hydrogen-bond donors (Lipinski definition) is 1. The second kappa shape index (κ2) is 7.53. The molecule has 0 amide bonds. The highest BCUT2D eigenvalue weighted by atomic mass is 15.0. The number of hydrogen-bond acceptors (Lipinski definition) is 1. The van der Waals surface area contributed by atoms with Crippen molar-refractivity contribution in [1.29, 1.82) is 0 Å². The van der Waals surface area contributed by atoms with Crippen molar-refractivity contribution in [2.24, 2.45) is 11.8 Å². The molecule has 3 atom stereocenters. The molecule has 0 aliphatic heterocycles. The second-order valence-corrected chi connectivity index (χ2v) is 7.00. The molecule has 0 aromatic carbocycles. The molecule has 0 aromatic heterocycles. The van der Waals surface area contributed by atoms with Crippen molar-refractivity contribution in [3.63, 3.8) is 0 Å². The zero-order valence-corrected chi connectivity index (χ0v) is 13.4. The lowest BCUT2D eigenvalue weighted by Gasteiger charge is -2.28. The van der Waals surface area contributed by atoms with Crippen LogP contribution in [0.1, 0.15) is 86.0 Å². The molecule has 0 heterocycles. The molecule has 0 aromatic rings. The fraction of sp³-hybridized carbons (Fsp3) is 1.00. The van der Waals surface area contributed by atoms with E-state index in [9.17, 15) is 0 Å². The van der Waals surface area contributed by atoms with Gasteiger partial charge in [0.25, 0.3) is 0 Å². The number of rotatable bonds is 10. The highest BCUT2D eigenvalue weighted by Gasteiger charge is 2.38. The lowest BCUT2D eigenvalue weighted by Crippen LogP contribution is -2.39. The third-order valence-corrected chi connectivity index (χ3v) is 4.94. The SMILES string of the molecule is CCCCCC(C)C(C)CC(CC)NC1(C)CC1. The minimum atomic E-state index is 0.492. The fourth-order valence-electron chi connectivity index (χ4n) is 2.83. The predicted molar refractivity (Wildman–Crippen MR) is 81.9 cm³/mol. The maximum absolute atomic E-state index is 3.87. The smallest absolute Gasteiger partial charge is 0.0157 e. The summed E-state index contributed by atoms with van der Waals surface area (Å²) in [6.45, 7) is 11.9. The van der Waals surface area contributed by atoms with Gasteiger partial charge in [0.1, 0.15) is 0 Å². The van der Waals surface area contributed by atoms with Crippen LogP contribution in [-0.2, 0) is 0 Å². The Morgan fingerprint density at radius 3 is 2.22 bits per heavy atom. The Bertz CT molecular complexity index is 220. The zero-order valence-electron chi connectivity index (χ0n) is 13.4. The minimum absolute atomic E-state index is 0.492. The highest BCUT2D eigenvalue weighted by Crippen LogP contribution is 2.36. The van der Waals surface area contributed by atoms with Crippen LogP contribution in [0.5, 0.6) is 0 Å². The van der Waals surface area contributed by atoms with E-state index in [-0.39, 0.29) is 0 Å². The van der Waals surface area contributed by atoms with E-state index in [0.717, 1.165) is 17.9 Å². The monoisotopic (exact) mass is 253 g/mol. The van der Waals surface area contributed by atoms with Crippen LogP contribution in [0.3, 0.4) is 0 Å². The van der Waals surface area contributed by atoms with Crippen molar-refractivity contribution in [3.8, 4) is 0 Å². The Morgan fingerprint density at radius 1 is 1.06 bits per heavy atom. The first-order chi connectivity index (χ1) is 8.50. The maximum Gasteiger partial charge on any atom is 0.0157 e. The average Bonchev–Trinajstić information content (AvgIpc) is 3.06. The molecule has 0 bridgehead atoms. The molecular formula is C17H35N. The molecule has 1 rings (SSSR count). The van der Waals surface area contributed by atoms with Gasteiger partial charge in [0.2, 0.25) is 0 Å². The predicted octanol–water partition coefficient (Wildman–Crippen LogP) is 5.15. The van der Waals surface area contributed by atoms with E-state index in [1.807, 2.05) is 0 Å². The Kier molecular flexibility index (Phi) is 6.70. The van der Waals surface area contributed by atoms with Gasteiger partial charge in [0, 0.05) is 11.6 Å². The van der Waals surface area contributed by atoms with E-state index in [1.54, 1.807) is 0 Å². The summed E-state index contributed by atoms with van der Waals surface area (Å²) >= 11 is 0. The van der Waals surface area contributed by atoms with Crippen molar-refractivity contribution < 1.29 is 0 Å². The molecule has 1 aliphatic carbocycles. The molecule has 0 saturated heterocycles. The zero-order chi connectivity index (χ0) is 13.6. The van der Waals surface area contributed by atoms with Crippen molar-refractivity contribution in [2.45, 2.75) is 97.6 Å². The van der Waals surface area contributed by atoms with Crippen molar-refractivity contribution >= 4 is 0 Å². The molecular weight excluding hydrogens is 218 g/mol. The van der Waals surface area contributed by atoms with Gasteiger partial charge in [0.05, 0.1) is 0 Å². The van der Waals surface area contributed by atoms with Crippen LogP contribution in [0.4, 0.5) is 0 Å². The van der Waals surface area contributed by atoms with Gasteiger partial charge in [-0.1, -0.05) is 53.4 Å². The first-order valence-corrected chi connectivity index (χ1v) is 8.28. The van der Waals surface area contributed by atoms with Crippen molar-refractivity contribution in [2.75, 3.05) is 0 Å². The first kappa shape index (κ1) is 16.0. The summed E-state index contributed by atoms with van der Waals surface area (Å²) in [4.78, 5) is 0. The summed E-state index contributed by atoms with van der Waals surface area (Å²) in [5.41, 5.74) is 0.492.